The van der Waals surface area contributed by atoms with Crippen LogP contribution in [-0.2, 0) is 9.53 Å². The Morgan fingerprint density at radius 1 is 1.43 bits per heavy atom. The van der Waals surface area contributed by atoms with E-state index in [1.165, 1.54) is 0 Å². The van der Waals surface area contributed by atoms with Gasteiger partial charge in [-0.15, -0.1) is 0 Å². The van der Waals surface area contributed by atoms with Gasteiger partial charge >= 0.3 is 12.0 Å². The van der Waals surface area contributed by atoms with E-state index in [4.69, 9.17) is 4.74 Å². The molecule has 2 saturated heterocycles. The Kier molecular flexibility index (Phi) is 5.41. The lowest BCUT2D eigenvalue weighted by atomic mass is 9.98. The normalized spacial score (nSPS) is 29.4. The molecule has 2 amide bonds. The van der Waals surface area contributed by atoms with Crippen molar-refractivity contribution in [3.8, 4) is 0 Å². The topological polar surface area (TPSA) is 82.1 Å². The summed E-state index contributed by atoms with van der Waals surface area (Å²) < 4.78 is 5.25. The number of rotatable bonds is 4. The highest BCUT2D eigenvalue weighted by molar-refractivity contribution is 5.77. The number of hydrogen-bond acceptors (Lipinski definition) is 4. The molecule has 0 bridgehead atoms. The fraction of sp³-hybridized carbons (Fsp3) is 0.857. The van der Waals surface area contributed by atoms with Crippen LogP contribution in [0.25, 0.3) is 0 Å². The van der Waals surface area contributed by atoms with Crippen molar-refractivity contribution < 1.29 is 19.4 Å². The summed E-state index contributed by atoms with van der Waals surface area (Å²) in [7, 11) is 3.60. The Morgan fingerprint density at radius 3 is 2.86 bits per heavy atom. The van der Waals surface area contributed by atoms with E-state index in [1.54, 1.807) is 11.9 Å². The third kappa shape index (κ3) is 3.65. The summed E-state index contributed by atoms with van der Waals surface area (Å²) >= 11 is 0. The molecule has 0 aliphatic carbocycles. The zero-order valence-electron chi connectivity index (χ0n) is 12.7. The SMILES string of the molecule is CNCC1CCCN(C(=O)N(C)C2COCC2C(=O)O)C1. The molecule has 2 N–H and O–H groups in total. The van der Waals surface area contributed by atoms with Crippen LogP contribution in [0.1, 0.15) is 12.8 Å². The number of urea groups is 1. The average Bonchev–Trinajstić information content (AvgIpc) is 2.96. The van der Waals surface area contributed by atoms with Crippen LogP contribution in [0.15, 0.2) is 0 Å². The van der Waals surface area contributed by atoms with Crippen molar-refractivity contribution in [1.29, 1.82) is 0 Å². The van der Waals surface area contributed by atoms with Gasteiger partial charge in [0.25, 0.3) is 0 Å². The van der Waals surface area contributed by atoms with Gasteiger partial charge in [-0.25, -0.2) is 4.79 Å². The number of hydrogen-bond donors (Lipinski definition) is 2. The monoisotopic (exact) mass is 299 g/mol. The zero-order chi connectivity index (χ0) is 15.4. The summed E-state index contributed by atoms with van der Waals surface area (Å²) in [4.78, 5) is 27.2. The first-order valence-corrected chi connectivity index (χ1v) is 7.51. The number of carbonyl (C=O) groups is 2. The highest BCUT2D eigenvalue weighted by atomic mass is 16.5. The van der Waals surface area contributed by atoms with Gasteiger partial charge in [-0.2, -0.15) is 0 Å². The Morgan fingerprint density at radius 2 is 2.19 bits per heavy atom. The van der Waals surface area contributed by atoms with E-state index in [2.05, 4.69) is 5.32 Å². The molecular weight excluding hydrogens is 274 g/mol. The number of nitrogens with one attached hydrogen (secondary N) is 1. The Hall–Kier alpha value is -1.34. The third-order valence-electron chi connectivity index (χ3n) is 4.45. The number of nitrogens with zero attached hydrogens (tertiary/aromatic N) is 2. The van der Waals surface area contributed by atoms with E-state index in [1.807, 2.05) is 11.9 Å². The number of likely N-dealkylation sites (tertiary alicyclic amines) is 1. The van der Waals surface area contributed by atoms with E-state index in [-0.39, 0.29) is 18.7 Å². The quantitative estimate of drug-likeness (QED) is 0.767. The molecule has 0 aromatic heterocycles. The van der Waals surface area contributed by atoms with Gasteiger partial charge in [-0.3, -0.25) is 4.79 Å². The molecule has 0 radical (unpaired) electrons. The summed E-state index contributed by atoms with van der Waals surface area (Å²) in [6, 6.07) is -0.461. The van der Waals surface area contributed by atoms with Crippen molar-refractivity contribution in [2.75, 3.05) is 46.9 Å². The van der Waals surface area contributed by atoms with Gasteiger partial charge < -0.3 is 25.0 Å². The molecule has 120 valence electrons. The molecule has 2 heterocycles. The van der Waals surface area contributed by atoms with Gasteiger partial charge in [0.2, 0.25) is 0 Å². The Balaban J connectivity index is 1.96. The van der Waals surface area contributed by atoms with Crippen LogP contribution >= 0.6 is 0 Å². The second-order valence-corrected chi connectivity index (χ2v) is 5.95. The van der Waals surface area contributed by atoms with Crippen LogP contribution < -0.4 is 5.32 Å². The molecule has 3 unspecified atom stereocenters. The molecule has 0 saturated carbocycles. The molecule has 0 aromatic rings. The highest BCUT2D eigenvalue weighted by Crippen LogP contribution is 2.22. The predicted octanol–water partition coefficient (Wildman–Crippen LogP) is 0.0692. The lowest BCUT2D eigenvalue weighted by Crippen LogP contribution is -2.52. The standard InChI is InChI=1S/C14H25N3O4/c1-15-6-10-4-3-5-17(7-10)14(20)16(2)12-9-21-8-11(12)13(18)19/h10-12,15H,3-9H2,1-2H3,(H,18,19). The van der Waals surface area contributed by atoms with Crippen LogP contribution in [0.5, 0.6) is 0 Å². The molecule has 3 atom stereocenters. The van der Waals surface area contributed by atoms with Crippen molar-refractivity contribution in [3.05, 3.63) is 0 Å². The first-order chi connectivity index (χ1) is 10.0. The zero-order valence-corrected chi connectivity index (χ0v) is 12.7. The summed E-state index contributed by atoms with van der Waals surface area (Å²) in [5, 5.41) is 12.4. The number of piperidine rings is 1. The van der Waals surface area contributed by atoms with Gasteiger partial charge in [0.1, 0.15) is 5.92 Å². The minimum atomic E-state index is -0.899. The summed E-state index contributed by atoms with van der Waals surface area (Å²) in [5.41, 5.74) is 0. The van der Waals surface area contributed by atoms with Gasteiger partial charge in [0, 0.05) is 20.1 Å². The lowest BCUT2D eigenvalue weighted by molar-refractivity contribution is -0.142. The Labute approximate surface area is 125 Å². The van der Waals surface area contributed by atoms with Gasteiger partial charge in [0.15, 0.2) is 0 Å². The Bertz CT molecular complexity index is 388. The molecule has 0 aromatic carbocycles. The van der Waals surface area contributed by atoms with Crippen molar-refractivity contribution in [2.45, 2.75) is 18.9 Å². The summed E-state index contributed by atoms with van der Waals surface area (Å²) in [6.45, 7) is 2.86. The third-order valence-corrected chi connectivity index (χ3v) is 4.45. The number of aliphatic carboxylic acids is 1. The molecule has 2 fully saturated rings. The first-order valence-electron chi connectivity index (χ1n) is 7.51. The minimum absolute atomic E-state index is 0.0856. The number of amides is 2. The van der Waals surface area contributed by atoms with Crippen LogP contribution in [-0.4, -0.2) is 79.9 Å². The second-order valence-electron chi connectivity index (χ2n) is 5.95. The van der Waals surface area contributed by atoms with Gasteiger partial charge in [-0.05, 0) is 32.4 Å². The van der Waals surface area contributed by atoms with E-state index in [9.17, 15) is 14.7 Å². The average molecular weight is 299 g/mol. The van der Waals surface area contributed by atoms with Crippen molar-refractivity contribution in [3.63, 3.8) is 0 Å². The van der Waals surface area contributed by atoms with E-state index in [0.29, 0.717) is 12.5 Å². The predicted molar refractivity (Wildman–Crippen MR) is 77.1 cm³/mol. The van der Waals surface area contributed by atoms with Gasteiger partial charge in [-0.1, -0.05) is 0 Å². The van der Waals surface area contributed by atoms with Crippen molar-refractivity contribution >= 4 is 12.0 Å². The molecule has 2 aliphatic rings. The first kappa shape index (κ1) is 16.0. The van der Waals surface area contributed by atoms with Crippen molar-refractivity contribution in [2.24, 2.45) is 11.8 Å². The molecular formula is C14H25N3O4. The van der Waals surface area contributed by atoms with E-state index < -0.39 is 11.9 Å². The molecule has 0 spiro atoms. The fourth-order valence-electron chi connectivity index (χ4n) is 3.22. The molecule has 2 rings (SSSR count). The summed E-state index contributed by atoms with van der Waals surface area (Å²) in [6.07, 6.45) is 2.12. The number of carboxylic acid groups (broad SMARTS) is 1. The summed E-state index contributed by atoms with van der Waals surface area (Å²) in [5.74, 6) is -1.06. The highest BCUT2D eigenvalue weighted by Gasteiger charge is 2.40. The largest absolute Gasteiger partial charge is 0.481 e. The molecule has 7 nitrogen and oxygen atoms in total. The van der Waals surface area contributed by atoms with Crippen LogP contribution in [0.3, 0.4) is 0 Å². The van der Waals surface area contributed by atoms with Crippen LogP contribution in [0, 0.1) is 11.8 Å². The van der Waals surface area contributed by atoms with Crippen LogP contribution in [0.2, 0.25) is 0 Å². The minimum Gasteiger partial charge on any atom is -0.481 e. The lowest BCUT2D eigenvalue weighted by Gasteiger charge is -2.37. The number of likely N-dealkylation sites (N-methyl/N-ethyl adjacent to an activating group) is 1. The molecule has 21 heavy (non-hydrogen) atoms. The molecule has 7 heteroatoms. The number of carbonyl (C=O) groups excluding carboxylic acids is 1. The van der Waals surface area contributed by atoms with E-state index in [0.717, 1.165) is 32.5 Å². The van der Waals surface area contributed by atoms with Gasteiger partial charge in [0.05, 0.1) is 19.3 Å². The molecule has 2 aliphatic heterocycles. The number of carboxylic acids is 1. The van der Waals surface area contributed by atoms with Crippen molar-refractivity contribution in [1.82, 2.24) is 15.1 Å². The van der Waals surface area contributed by atoms with Crippen LogP contribution in [0.4, 0.5) is 4.79 Å². The fourth-order valence-corrected chi connectivity index (χ4v) is 3.22. The maximum atomic E-state index is 12.6. The smallest absolute Gasteiger partial charge is 0.320 e. The van der Waals surface area contributed by atoms with E-state index >= 15 is 0 Å². The number of ether oxygens (including phenoxy) is 1. The second kappa shape index (κ2) is 7.09. The maximum absolute atomic E-state index is 12.6. The maximum Gasteiger partial charge on any atom is 0.320 e.